The van der Waals surface area contributed by atoms with Crippen molar-refractivity contribution in [3.8, 4) is 0 Å². The van der Waals surface area contributed by atoms with Crippen molar-refractivity contribution in [1.82, 2.24) is 5.32 Å². The van der Waals surface area contributed by atoms with Crippen LogP contribution in [0.3, 0.4) is 0 Å². The lowest BCUT2D eigenvalue weighted by atomic mass is 10.2. The van der Waals surface area contributed by atoms with Crippen LogP contribution in [0.2, 0.25) is 0 Å². The fourth-order valence-corrected chi connectivity index (χ4v) is 3.03. The van der Waals surface area contributed by atoms with Crippen molar-refractivity contribution in [3.63, 3.8) is 0 Å². The van der Waals surface area contributed by atoms with E-state index in [4.69, 9.17) is 5.11 Å². The van der Waals surface area contributed by atoms with E-state index < -0.39 is 12.0 Å². The lowest BCUT2D eigenvalue weighted by molar-refractivity contribution is -0.141. The van der Waals surface area contributed by atoms with Gasteiger partial charge in [0.05, 0.1) is 0 Å². The van der Waals surface area contributed by atoms with Crippen molar-refractivity contribution in [2.45, 2.75) is 32.2 Å². The highest BCUT2D eigenvalue weighted by atomic mass is 32.1. The molecule has 5 heteroatoms. The Labute approximate surface area is 104 Å². The van der Waals surface area contributed by atoms with E-state index in [0.717, 1.165) is 6.42 Å². The van der Waals surface area contributed by atoms with Gasteiger partial charge in [-0.1, -0.05) is 0 Å². The summed E-state index contributed by atoms with van der Waals surface area (Å²) in [7, 11) is 0. The van der Waals surface area contributed by atoms with Crippen LogP contribution < -0.4 is 5.32 Å². The second-order valence-corrected chi connectivity index (χ2v) is 5.43. The molecule has 2 unspecified atom stereocenters. The van der Waals surface area contributed by atoms with E-state index in [2.05, 4.69) is 5.32 Å². The van der Waals surface area contributed by atoms with E-state index in [9.17, 15) is 9.59 Å². The Morgan fingerprint density at radius 1 is 1.59 bits per heavy atom. The van der Waals surface area contributed by atoms with E-state index in [1.807, 2.05) is 18.4 Å². The lowest BCUT2D eigenvalue weighted by Gasteiger charge is -2.08. The molecule has 0 saturated heterocycles. The summed E-state index contributed by atoms with van der Waals surface area (Å²) in [5, 5.41) is 13.3. The third-order valence-electron chi connectivity index (χ3n) is 3.09. The minimum atomic E-state index is -0.997. The van der Waals surface area contributed by atoms with Gasteiger partial charge in [0.25, 0.3) is 0 Å². The van der Waals surface area contributed by atoms with Gasteiger partial charge < -0.3 is 10.4 Å². The molecule has 2 rings (SSSR count). The van der Waals surface area contributed by atoms with E-state index in [0.29, 0.717) is 0 Å². The zero-order valence-electron chi connectivity index (χ0n) is 9.77. The SMILES string of the molecule is Cc1ccsc1C1CC1C(=O)N[C@H](C)C(=O)O. The van der Waals surface area contributed by atoms with Gasteiger partial charge in [0.1, 0.15) is 6.04 Å². The molecule has 0 radical (unpaired) electrons. The van der Waals surface area contributed by atoms with Crippen molar-refractivity contribution in [3.05, 3.63) is 21.9 Å². The third-order valence-corrected chi connectivity index (χ3v) is 4.25. The number of rotatable bonds is 4. The zero-order chi connectivity index (χ0) is 12.6. The zero-order valence-corrected chi connectivity index (χ0v) is 10.6. The summed E-state index contributed by atoms with van der Waals surface area (Å²) in [5.74, 6) is -0.898. The summed E-state index contributed by atoms with van der Waals surface area (Å²) in [5.41, 5.74) is 1.22. The molecule has 92 valence electrons. The first-order valence-corrected chi connectivity index (χ1v) is 6.46. The Morgan fingerprint density at radius 2 is 2.29 bits per heavy atom. The first kappa shape index (κ1) is 12.1. The summed E-state index contributed by atoms with van der Waals surface area (Å²) in [4.78, 5) is 23.7. The molecular weight excluding hydrogens is 238 g/mol. The molecule has 1 aliphatic carbocycles. The Morgan fingerprint density at radius 3 is 2.82 bits per heavy atom. The number of hydrogen-bond acceptors (Lipinski definition) is 3. The molecule has 0 aliphatic heterocycles. The number of nitrogens with one attached hydrogen (secondary N) is 1. The number of thiophene rings is 1. The molecule has 1 fully saturated rings. The van der Waals surface area contributed by atoms with Gasteiger partial charge in [0, 0.05) is 16.7 Å². The molecule has 1 saturated carbocycles. The summed E-state index contributed by atoms with van der Waals surface area (Å²) in [6.45, 7) is 3.52. The van der Waals surface area contributed by atoms with Crippen LogP contribution >= 0.6 is 11.3 Å². The Kier molecular flexibility index (Phi) is 3.19. The van der Waals surface area contributed by atoms with E-state index in [1.165, 1.54) is 17.4 Å². The normalized spacial score (nSPS) is 24.1. The number of hydrogen-bond donors (Lipinski definition) is 2. The van der Waals surface area contributed by atoms with Crippen LogP contribution in [0, 0.1) is 12.8 Å². The molecule has 1 heterocycles. The predicted molar refractivity (Wildman–Crippen MR) is 65.1 cm³/mol. The standard InChI is InChI=1S/C12H15NO3S/c1-6-3-4-17-10(6)8-5-9(8)11(14)13-7(2)12(15)16/h3-4,7-9H,5H2,1-2H3,(H,13,14)(H,15,16)/t7-,8?,9?/m1/s1. The highest BCUT2D eigenvalue weighted by Crippen LogP contribution is 2.50. The van der Waals surface area contributed by atoms with Gasteiger partial charge in [0.2, 0.25) is 5.91 Å². The van der Waals surface area contributed by atoms with E-state index >= 15 is 0 Å². The van der Waals surface area contributed by atoms with Crippen LogP contribution in [0.4, 0.5) is 0 Å². The molecule has 0 bridgehead atoms. The fourth-order valence-electron chi connectivity index (χ4n) is 1.92. The highest BCUT2D eigenvalue weighted by molar-refractivity contribution is 7.10. The molecule has 0 aromatic carbocycles. The van der Waals surface area contributed by atoms with Gasteiger partial charge in [-0.25, -0.2) is 0 Å². The molecule has 1 aromatic rings. The predicted octanol–water partition coefficient (Wildman–Crippen LogP) is 1.75. The molecule has 1 aliphatic rings. The van der Waals surface area contributed by atoms with Crippen molar-refractivity contribution in [1.29, 1.82) is 0 Å². The third kappa shape index (κ3) is 2.49. The summed E-state index contributed by atoms with van der Waals surface area (Å²) in [6, 6.07) is 1.24. The lowest BCUT2D eigenvalue weighted by Crippen LogP contribution is -2.39. The number of amides is 1. The number of carbonyl (C=O) groups excluding carboxylic acids is 1. The quantitative estimate of drug-likeness (QED) is 0.859. The summed E-state index contributed by atoms with van der Waals surface area (Å²) >= 11 is 1.67. The van der Waals surface area contributed by atoms with Gasteiger partial charge in [-0.15, -0.1) is 11.3 Å². The topological polar surface area (TPSA) is 66.4 Å². The van der Waals surface area contributed by atoms with Crippen molar-refractivity contribution >= 4 is 23.2 Å². The summed E-state index contributed by atoms with van der Waals surface area (Å²) in [6.07, 6.45) is 0.833. The maximum atomic E-state index is 11.8. The average Bonchev–Trinajstić information content (AvgIpc) is 2.94. The molecule has 0 spiro atoms. The van der Waals surface area contributed by atoms with Gasteiger partial charge in [-0.2, -0.15) is 0 Å². The van der Waals surface area contributed by atoms with Crippen molar-refractivity contribution < 1.29 is 14.7 Å². The smallest absolute Gasteiger partial charge is 0.325 e. The largest absolute Gasteiger partial charge is 0.480 e. The van der Waals surface area contributed by atoms with Gasteiger partial charge in [0.15, 0.2) is 0 Å². The maximum absolute atomic E-state index is 11.8. The number of aryl methyl sites for hydroxylation is 1. The Hall–Kier alpha value is -1.36. The Bertz CT molecular complexity index is 454. The first-order valence-electron chi connectivity index (χ1n) is 5.58. The van der Waals surface area contributed by atoms with Crippen LogP contribution in [0.25, 0.3) is 0 Å². The first-order chi connectivity index (χ1) is 8.00. The number of carboxylic acid groups (broad SMARTS) is 1. The van der Waals surface area contributed by atoms with Crippen LogP contribution in [-0.4, -0.2) is 23.0 Å². The second-order valence-electron chi connectivity index (χ2n) is 4.49. The number of aliphatic carboxylic acids is 1. The monoisotopic (exact) mass is 253 g/mol. The maximum Gasteiger partial charge on any atom is 0.325 e. The molecule has 2 N–H and O–H groups in total. The van der Waals surface area contributed by atoms with Crippen molar-refractivity contribution in [2.75, 3.05) is 0 Å². The fraction of sp³-hybridized carbons (Fsp3) is 0.500. The molecule has 17 heavy (non-hydrogen) atoms. The van der Waals surface area contributed by atoms with Crippen LogP contribution in [-0.2, 0) is 9.59 Å². The number of carboxylic acids is 1. The van der Waals surface area contributed by atoms with Crippen LogP contribution in [0.5, 0.6) is 0 Å². The minimum absolute atomic E-state index is 0.0471. The van der Waals surface area contributed by atoms with E-state index in [-0.39, 0.29) is 17.7 Å². The average molecular weight is 253 g/mol. The van der Waals surface area contributed by atoms with Gasteiger partial charge in [-0.05, 0) is 37.3 Å². The molecular formula is C12H15NO3S. The molecule has 1 amide bonds. The highest BCUT2D eigenvalue weighted by Gasteiger charge is 2.45. The Balaban J connectivity index is 1.93. The molecule has 3 atom stereocenters. The van der Waals surface area contributed by atoms with Crippen molar-refractivity contribution in [2.24, 2.45) is 5.92 Å². The van der Waals surface area contributed by atoms with Crippen LogP contribution in [0.15, 0.2) is 11.4 Å². The van der Waals surface area contributed by atoms with Gasteiger partial charge in [-0.3, -0.25) is 9.59 Å². The molecule has 4 nitrogen and oxygen atoms in total. The van der Waals surface area contributed by atoms with Gasteiger partial charge >= 0.3 is 5.97 Å². The minimum Gasteiger partial charge on any atom is -0.480 e. The molecule has 1 aromatic heterocycles. The number of carbonyl (C=O) groups is 2. The van der Waals surface area contributed by atoms with Crippen LogP contribution in [0.1, 0.15) is 29.7 Å². The summed E-state index contributed by atoms with van der Waals surface area (Å²) < 4.78 is 0. The van der Waals surface area contributed by atoms with E-state index in [1.54, 1.807) is 11.3 Å². The second kappa shape index (κ2) is 4.49.